The summed E-state index contributed by atoms with van der Waals surface area (Å²) in [6.07, 6.45) is 6.96. The molecule has 1 aliphatic carbocycles. The first-order valence-corrected chi connectivity index (χ1v) is 9.63. The van der Waals surface area contributed by atoms with Crippen molar-refractivity contribution in [1.29, 1.82) is 0 Å². The number of hydrogen-bond donors (Lipinski definition) is 2. The van der Waals surface area contributed by atoms with Gasteiger partial charge in [0, 0.05) is 19.1 Å². The second kappa shape index (κ2) is 8.40. The summed E-state index contributed by atoms with van der Waals surface area (Å²) in [6.45, 7) is 1.42. The van der Waals surface area contributed by atoms with Crippen molar-refractivity contribution in [2.24, 2.45) is 0 Å². The zero-order valence-corrected chi connectivity index (χ0v) is 15.9. The van der Waals surface area contributed by atoms with E-state index in [2.05, 4.69) is 22.8 Å². The molecule has 2 unspecified atom stereocenters. The molecule has 1 aromatic rings. The van der Waals surface area contributed by atoms with Gasteiger partial charge in [0.1, 0.15) is 6.04 Å². The number of rotatable bonds is 3. The maximum atomic E-state index is 13.0. The van der Waals surface area contributed by atoms with E-state index in [-0.39, 0.29) is 36.3 Å². The lowest BCUT2D eigenvalue weighted by Gasteiger charge is -2.32. The molecule has 0 bridgehead atoms. The van der Waals surface area contributed by atoms with Gasteiger partial charge in [0.2, 0.25) is 11.8 Å². The molecule has 0 spiro atoms. The van der Waals surface area contributed by atoms with Crippen LogP contribution in [0.4, 0.5) is 0 Å². The van der Waals surface area contributed by atoms with E-state index in [0.717, 1.165) is 32.2 Å². The fraction of sp³-hybridized carbons (Fsp3) is 0.600. The predicted molar refractivity (Wildman–Crippen MR) is 103 cm³/mol. The monoisotopic (exact) mass is 377 g/mol. The van der Waals surface area contributed by atoms with Gasteiger partial charge in [0.05, 0.1) is 6.04 Å². The fourth-order valence-corrected chi connectivity index (χ4v) is 4.50. The molecule has 0 aromatic heterocycles. The van der Waals surface area contributed by atoms with Crippen LogP contribution in [0.15, 0.2) is 24.3 Å². The summed E-state index contributed by atoms with van der Waals surface area (Å²) in [5.41, 5.74) is 2.51. The zero-order chi connectivity index (χ0) is 17.2. The molecule has 2 heterocycles. The Morgan fingerprint density at radius 3 is 2.54 bits per heavy atom. The lowest BCUT2D eigenvalue weighted by Crippen LogP contribution is -2.54. The average molecular weight is 378 g/mol. The summed E-state index contributed by atoms with van der Waals surface area (Å²) < 4.78 is 0. The molecule has 1 aromatic carbocycles. The van der Waals surface area contributed by atoms with Crippen LogP contribution in [-0.2, 0) is 22.6 Å². The van der Waals surface area contributed by atoms with Gasteiger partial charge in [0.25, 0.3) is 0 Å². The quantitative estimate of drug-likeness (QED) is 0.848. The van der Waals surface area contributed by atoms with Gasteiger partial charge in [0.15, 0.2) is 0 Å². The normalized spacial score (nSPS) is 25.5. The smallest absolute Gasteiger partial charge is 0.243 e. The number of fused-ring (bicyclic) bond motifs is 1. The van der Waals surface area contributed by atoms with Crippen molar-refractivity contribution in [3.8, 4) is 0 Å². The van der Waals surface area contributed by atoms with Crippen LogP contribution in [0.2, 0.25) is 0 Å². The molecule has 142 valence electrons. The van der Waals surface area contributed by atoms with Crippen molar-refractivity contribution in [3.63, 3.8) is 0 Å². The molecule has 2 N–H and O–H groups in total. The maximum Gasteiger partial charge on any atom is 0.243 e. The lowest BCUT2D eigenvalue weighted by atomic mass is 9.95. The van der Waals surface area contributed by atoms with Crippen LogP contribution < -0.4 is 10.6 Å². The largest absolute Gasteiger partial charge is 0.352 e. The molecule has 4 rings (SSSR count). The van der Waals surface area contributed by atoms with Gasteiger partial charge >= 0.3 is 0 Å². The zero-order valence-electron chi connectivity index (χ0n) is 15.1. The fourth-order valence-electron chi connectivity index (χ4n) is 4.50. The van der Waals surface area contributed by atoms with Crippen LogP contribution in [0.1, 0.15) is 49.7 Å². The number of hydrogen-bond acceptors (Lipinski definition) is 3. The first-order valence-electron chi connectivity index (χ1n) is 9.63. The van der Waals surface area contributed by atoms with Gasteiger partial charge in [-0.1, -0.05) is 37.1 Å². The summed E-state index contributed by atoms with van der Waals surface area (Å²) in [5.74, 6) is 0.132. The third-order valence-electron chi connectivity index (χ3n) is 5.92. The molecule has 1 saturated carbocycles. The van der Waals surface area contributed by atoms with Crippen LogP contribution in [0.5, 0.6) is 0 Å². The van der Waals surface area contributed by atoms with Gasteiger partial charge in [-0.05, 0) is 43.2 Å². The Kier molecular flexibility index (Phi) is 6.20. The summed E-state index contributed by atoms with van der Waals surface area (Å²) in [7, 11) is 0. The van der Waals surface area contributed by atoms with Crippen LogP contribution in [0.3, 0.4) is 0 Å². The molecular formula is C20H28ClN3O2. The molecule has 2 atom stereocenters. The molecule has 2 aliphatic heterocycles. The van der Waals surface area contributed by atoms with Crippen LogP contribution in [0.25, 0.3) is 0 Å². The highest BCUT2D eigenvalue weighted by Gasteiger charge is 2.38. The van der Waals surface area contributed by atoms with E-state index in [0.29, 0.717) is 19.0 Å². The van der Waals surface area contributed by atoms with Gasteiger partial charge in [-0.15, -0.1) is 12.4 Å². The summed E-state index contributed by atoms with van der Waals surface area (Å²) in [4.78, 5) is 27.5. The van der Waals surface area contributed by atoms with E-state index in [9.17, 15) is 9.59 Å². The SMILES string of the molecule is Cl.O=C(NC1CCCC1)C1CCCN1C(=O)C1Cc2ccccc2CN1. The Balaban J connectivity index is 0.00000196. The third kappa shape index (κ3) is 3.89. The summed E-state index contributed by atoms with van der Waals surface area (Å²) >= 11 is 0. The van der Waals surface area contributed by atoms with E-state index in [1.165, 1.54) is 24.0 Å². The molecule has 1 saturated heterocycles. The molecule has 0 radical (unpaired) electrons. The van der Waals surface area contributed by atoms with Gasteiger partial charge in [-0.25, -0.2) is 0 Å². The number of benzene rings is 1. The topological polar surface area (TPSA) is 61.4 Å². The number of nitrogens with one attached hydrogen (secondary N) is 2. The van der Waals surface area contributed by atoms with Crippen molar-refractivity contribution < 1.29 is 9.59 Å². The second-order valence-electron chi connectivity index (χ2n) is 7.59. The van der Waals surface area contributed by atoms with E-state index < -0.39 is 0 Å². The van der Waals surface area contributed by atoms with E-state index in [1.807, 2.05) is 17.0 Å². The third-order valence-corrected chi connectivity index (χ3v) is 5.92. The van der Waals surface area contributed by atoms with Crippen molar-refractivity contribution in [2.75, 3.05) is 6.54 Å². The standard InChI is InChI=1S/C20H27N3O2.ClH/c24-19(22-16-8-3-4-9-16)18-10-5-11-23(18)20(25)17-12-14-6-1-2-7-15(14)13-21-17;/h1-2,6-7,16-18,21H,3-5,8-13H2,(H,22,24);1H. The second-order valence-corrected chi connectivity index (χ2v) is 7.59. The molecule has 6 heteroatoms. The Morgan fingerprint density at radius 2 is 1.77 bits per heavy atom. The molecule has 2 fully saturated rings. The first-order chi connectivity index (χ1) is 12.2. The van der Waals surface area contributed by atoms with Crippen molar-refractivity contribution in [3.05, 3.63) is 35.4 Å². The lowest BCUT2D eigenvalue weighted by molar-refractivity contribution is -0.140. The molecule has 3 aliphatic rings. The van der Waals surface area contributed by atoms with E-state index in [1.54, 1.807) is 0 Å². The number of likely N-dealkylation sites (tertiary alicyclic amines) is 1. The van der Waals surface area contributed by atoms with Crippen molar-refractivity contribution in [2.45, 2.75) is 69.6 Å². The van der Waals surface area contributed by atoms with Crippen molar-refractivity contribution >= 4 is 24.2 Å². The summed E-state index contributed by atoms with van der Waals surface area (Å²) in [5, 5.41) is 6.53. The minimum absolute atomic E-state index is 0. The van der Waals surface area contributed by atoms with E-state index in [4.69, 9.17) is 0 Å². The number of halogens is 1. The summed E-state index contributed by atoms with van der Waals surface area (Å²) in [6, 6.07) is 8.08. The predicted octanol–water partition coefficient (Wildman–Crippen LogP) is 2.17. The van der Waals surface area contributed by atoms with Crippen LogP contribution in [-0.4, -0.2) is 41.4 Å². The highest BCUT2D eigenvalue weighted by atomic mass is 35.5. The number of carbonyl (C=O) groups is 2. The Bertz CT molecular complexity index is 660. The molecular weight excluding hydrogens is 350 g/mol. The van der Waals surface area contributed by atoms with Gasteiger partial charge in [-0.2, -0.15) is 0 Å². The van der Waals surface area contributed by atoms with Crippen LogP contribution in [0, 0.1) is 0 Å². The van der Waals surface area contributed by atoms with E-state index >= 15 is 0 Å². The maximum absolute atomic E-state index is 13.0. The number of amides is 2. The highest BCUT2D eigenvalue weighted by molar-refractivity contribution is 5.90. The number of carbonyl (C=O) groups excluding carboxylic acids is 2. The highest BCUT2D eigenvalue weighted by Crippen LogP contribution is 2.24. The minimum atomic E-state index is -0.285. The average Bonchev–Trinajstić information content (AvgIpc) is 3.32. The Morgan fingerprint density at radius 1 is 1.04 bits per heavy atom. The van der Waals surface area contributed by atoms with Crippen LogP contribution >= 0.6 is 12.4 Å². The Hall–Kier alpha value is -1.59. The minimum Gasteiger partial charge on any atom is -0.352 e. The molecule has 26 heavy (non-hydrogen) atoms. The molecule has 5 nitrogen and oxygen atoms in total. The van der Waals surface area contributed by atoms with Crippen molar-refractivity contribution in [1.82, 2.24) is 15.5 Å². The van der Waals surface area contributed by atoms with Gasteiger partial charge < -0.3 is 15.5 Å². The first kappa shape index (κ1) is 19.2. The molecule has 2 amide bonds. The van der Waals surface area contributed by atoms with Gasteiger partial charge in [-0.3, -0.25) is 9.59 Å². The number of nitrogens with zero attached hydrogens (tertiary/aromatic N) is 1. The Labute approximate surface area is 161 Å².